The van der Waals surface area contributed by atoms with Crippen LogP contribution in [0.15, 0.2) is 41.5 Å². The van der Waals surface area contributed by atoms with E-state index in [4.69, 9.17) is 10.5 Å². The standard InChI is InChI=1S/C18H17F3N4O3/c1-18(6-7-27-17(22)25-18)12-8-10(2-4-13(12)19)24-15(26)14-5-3-11(9-23-14)28-16(20)21/h2-5,8-9,16H,6-7H2,1H3,(H2,22,25)(H,24,26)/t18-/m0/s1. The van der Waals surface area contributed by atoms with E-state index in [1.165, 1.54) is 30.3 Å². The van der Waals surface area contributed by atoms with E-state index in [1.54, 1.807) is 6.92 Å². The fourth-order valence-electron chi connectivity index (χ4n) is 2.78. The summed E-state index contributed by atoms with van der Waals surface area (Å²) in [5.74, 6) is -1.26. The summed E-state index contributed by atoms with van der Waals surface area (Å²) in [7, 11) is 0. The number of ether oxygens (including phenoxy) is 2. The highest BCUT2D eigenvalue weighted by atomic mass is 19.3. The number of benzene rings is 1. The van der Waals surface area contributed by atoms with Crippen molar-refractivity contribution >= 4 is 17.6 Å². The third-order valence-corrected chi connectivity index (χ3v) is 4.19. The summed E-state index contributed by atoms with van der Waals surface area (Å²) in [5, 5.41) is 2.59. The molecule has 0 fully saturated rings. The summed E-state index contributed by atoms with van der Waals surface area (Å²) in [6.45, 7) is -0.975. The van der Waals surface area contributed by atoms with Crippen molar-refractivity contribution in [2.45, 2.75) is 25.5 Å². The monoisotopic (exact) mass is 394 g/mol. The molecule has 1 aromatic carbocycles. The molecule has 3 rings (SSSR count). The number of hydrogen-bond donors (Lipinski definition) is 2. The van der Waals surface area contributed by atoms with Gasteiger partial charge in [0.2, 0.25) is 0 Å². The first-order chi connectivity index (χ1) is 13.3. The second kappa shape index (κ2) is 7.75. The maximum atomic E-state index is 14.4. The first-order valence-electron chi connectivity index (χ1n) is 8.27. The molecule has 148 valence electrons. The zero-order valence-corrected chi connectivity index (χ0v) is 14.8. The van der Waals surface area contributed by atoms with Gasteiger partial charge in [0.15, 0.2) is 0 Å². The van der Waals surface area contributed by atoms with Gasteiger partial charge >= 0.3 is 6.61 Å². The van der Waals surface area contributed by atoms with Crippen LogP contribution in [0.1, 0.15) is 29.4 Å². The molecule has 2 aromatic rings. The van der Waals surface area contributed by atoms with E-state index in [2.05, 4.69) is 20.0 Å². The van der Waals surface area contributed by atoms with Crippen molar-refractivity contribution in [1.29, 1.82) is 0 Å². The van der Waals surface area contributed by atoms with E-state index in [0.717, 1.165) is 6.20 Å². The van der Waals surface area contributed by atoms with Crippen LogP contribution in [-0.4, -0.2) is 30.1 Å². The molecule has 1 amide bonds. The van der Waals surface area contributed by atoms with Gasteiger partial charge in [0.1, 0.15) is 17.3 Å². The van der Waals surface area contributed by atoms with Crippen molar-refractivity contribution in [3.63, 3.8) is 0 Å². The van der Waals surface area contributed by atoms with Crippen LogP contribution in [0, 0.1) is 5.82 Å². The molecule has 1 aliphatic heterocycles. The third kappa shape index (κ3) is 4.33. The number of carbonyl (C=O) groups excluding carboxylic acids is 1. The summed E-state index contributed by atoms with van der Waals surface area (Å²) in [5.41, 5.74) is 5.22. The fraction of sp³-hybridized carbons (Fsp3) is 0.278. The molecular weight excluding hydrogens is 377 g/mol. The lowest BCUT2D eigenvalue weighted by Gasteiger charge is -2.30. The van der Waals surface area contributed by atoms with Crippen LogP contribution in [0.4, 0.5) is 18.9 Å². The minimum absolute atomic E-state index is 0.0213. The summed E-state index contributed by atoms with van der Waals surface area (Å²) in [6.07, 6.45) is 1.42. The number of amides is 1. The molecular formula is C18H17F3N4O3. The number of nitrogens with one attached hydrogen (secondary N) is 1. The Morgan fingerprint density at radius 3 is 2.79 bits per heavy atom. The lowest BCUT2D eigenvalue weighted by Crippen LogP contribution is -2.34. The number of nitrogens with two attached hydrogens (primary N) is 1. The number of carbonyl (C=O) groups is 1. The van der Waals surface area contributed by atoms with Crippen molar-refractivity contribution in [1.82, 2.24) is 4.98 Å². The van der Waals surface area contributed by atoms with E-state index in [-0.39, 0.29) is 23.0 Å². The Morgan fingerprint density at radius 1 is 1.36 bits per heavy atom. The highest BCUT2D eigenvalue weighted by Crippen LogP contribution is 2.35. The van der Waals surface area contributed by atoms with Crippen LogP contribution in [-0.2, 0) is 10.3 Å². The van der Waals surface area contributed by atoms with E-state index < -0.39 is 23.9 Å². The van der Waals surface area contributed by atoms with Crippen molar-refractivity contribution < 1.29 is 27.4 Å². The van der Waals surface area contributed by atoms with Gasteiger partial charge in [-0.05, 0) is 37.3 Å². The molecule has 0 spiro atoms. The van der Waals surface area contributed by atoms with Crippen molar-refractivity contribution in [3.05, 3.63) is 53.6 Å². The zero-order valence-electron chi connectivity index (χ0n) is 14.8. The number of pyridine rings is 1. The second-order valence-corrected chi connectivity index (χ2v) is 6.23. The fourth-order valence-corrected chi connectivity index (χ4v) is 2.78. The predicted octanol–water partition coefficient (Wildman–Crippen LogP) is 3.02. The van der Waals surface area contributed by atoms with Crippen LogP contribution in [0.25, 0.3) is 0 Å². The van der Waals surface area contributed by atoms with Crippen LogP contribution in [0.3, 0.4) is 0 Å². The summed E-state index contributed by atoms with van der Waals surface area (Å²) in [6, 6.07) is 6.47. The molecule has 0 bridgehead atoms. The molecule has 0 radical (unpaired) electrons. The number of anilines is 1. The Labute approximate surface area is 158 Å². The molecule has 0 saturated heterocycles. The van der Waals surface area contributed by atoms with Crippen LogP contribution < -0.4 is 15.8 Å². The summed E-state index contributed by atoms with van der Waals surface area (Å²) in [4.78, 5) is 20.3. The van der Waals surface area contributed by atoms with Gasteiger partial charge in [-0.25, -0.2) is 14.4 Å². The number of nitrogens with zero attached hydrogens (tertiary/aromatic N) is 2. The number of aliphatic imine (C=N–C) groups is 1. The largest absolute Gasteiger partial charge is 0.465 e. The summed E-state index contributed by atoms with van der Waals surface area (Å²) < 4.78 is 48.0. The molecule has 1 aliphatic rings. The summed E-state index contributed by atoms with van der Waals surface area (Å²) >= 11 is 0. The normalized spacial score (nSPS) is 19.0. The Morgan fingerprint density at radius 2 is 2.14 bits per heavy atom. The van der Waals surface area contributed by atoms with Gasteiger partial charge in [-0.3, -0.25) is 4.79 Å². The maximum Gasteiger partial charge on any atom is 0.387 e. The van der Waals surface area contributed by atoms with Gasteiger partial charge in [0, 0.05) is 17.7 Å². The van der Waals surface area contributed by atoms with Crippen LogP contribution in [0.2, 0.25) is 0 Å². The Bertz CT molecular complexity index is 905. The van der Waals surface area contributed by atoms with Gasteiger partial charge in [0.05, 0.1) is 18.3 Å². The van der Waals surface area contributed by atoms with Crippen LogP contribution in [0.5, 0.6) is 5.75 Å². The molecule has 1 atom stereocenters. The average Bonchev–Trinajstić information content (AvgIpc) is 2.63. The molecule has 7 nitrogen and oxygen atoms in total. The van der Waals surface area contributed by atoms with Gasteiger partial charge < -0.3 is 20.5 Å². The van der Waals surface area contributed by atoms with Crippen LogP contribution >= 0.6 is 0 Å². The van der Waals surface area contributed by atoms with Crippen molar-refractivity contribution in [2.24, 2.45) is 10.7 Å². The molecule has 0 saturated carbocycles. The number of rotatable bonds is 5. The van der Waals surface area contributed by atoms with Crippen molar-refractivity contribution in [2.75, 3.05) is 11.9 Å². The smallest absolute Gasteiger partial charge is 0.387 e. The molecule has 3 N–H and O–H groups in total. The number of hydrogen-bond acceptors (Lipinski definition) is 6. The molecule has 0 aliphatic carbocycles. The lowest BCUT2D eigenvalue weighted by atomic mass is 9.88. The quantitative estimate of drug-likeness (QED) is 0.812. The van der Waals surface area contributed by atoms with Gasteiger partial charge in [-0.1, -0.05) is 0 Å². The maximum absolute atomic E-state index is 14.4. The number of aromatic nitrogens is 1. The van der Waals surface area contributed by atoms with E-state index in [0.29, 0.717) is 18.7 Å². The van der Waals surface area contributed by atoms with Crippen molar-refractivity contribution in [3.8, 4) is 5.75 Å². The lowest BCUT2D eigenvalue weighted by molar-refractivity contribution is -0.0500. The number of halogens is 3. The molecule has 1 aromatic heterocycles. The van der Waals surface area contributed by atoms with E-state index >= 15 is 0 Å². The van der Waals surface area contributed by atoms with Gasteiger partial charge in [-0.2, -0.15) is 8.78 Å². The molecule has 0 unspecified atom stereocenters. The Balaban J connectivity index is 1.79. The van der Waals surface area contributed by atoms with E-state index in [9.17, 15) is 18.0 Å². The minimum Gasteiger partial charge on any atom is -0.465 e. The highest BCUT2D eigenvalue weighted by molar-refractivity contribution is 6.02. The minimum atomic E-state index is -2.98. The zero-order chi connectivity index (χ0) is 20.3. The topological polar surface area (TPSA) is 98.8 Å². The molecule has 10 heteroatoms. The Kier molecular flexibility index (Phi) is 5.39. The first-order valence-corrected chi connectivity index (χ1v) is 8.27. The number of amidine groups is 1. The SMILES string of the molecule is C[C@@]1(c2cc(NC(=O)c3ccc(OC(F)F)cn3)ccc2F)CCOC(N)=N1. The Hall–Kier alpha value is -3.30. The highest BCUT2D eigenvalue weighted by Gasteiger charge is 2.33. The van der Waals surface area contributed by atoms with Gasteiger partial charge in [0.25, 0.3) is 11.9 Å². The van der Waals surface area contributed by atoms with Gasteiger partial charge in [-0.15, -0.1) is 0 Å². The average molecular weight is 394 g/mol. The third-order valence-electron chi connectivity index (χ3n) is 4.19. The first kappa shape index (κ1) is 19.5. The second-order valence-electron chi connectivity index (χ2n) is 6.23. The molecule has 28 heavy (non-hydrogen) atoms. The van der Waals surface area contributed by atoms with E-state index in [1.807, 2.05) is 0 Å². The predicted molar refractivity (Wildman–Crippen MR) is 94.8 cm³/mol. The number of alkyl halides is 2. The molecule has 2 heterocycles.